The van der Waals surface area contributed by atoms with Gasteiger partial charge in [-0.2, -0.15) is 4.98 Å². The highest BCUT2D eigenvalue weighted by atomic mass is 32.2. The monoisotopic (exact) mass is 451 g/mol. The third-order valence-electron chi connectivity index (χ3n) is 5.77. The summed E-state index contributed by atoms with van der Waals surface area (Å²) in [5, 5.41) is 16.4. The van der Waals surface area contributed by atoms with E-state index in [4.69, 9.17) is 4.52 Å². The van der Waals surface area contributed by atoms with Crippen LogP contribution >= 0.6 is 23.1 Å². The fourth-order valence-corrected chi connectivity index (χ4v) is 5.74. The highest BCUT2D eigenvalue weighted by molar-refractivity contribution is 7.98. The zero-order valence-electron chi connectivity index (χ0n) is 17.5. The molecule has 160 valence electrons. The summed E-state index contributed by atoms with van der Waals surface area (Å²) in [7, 11) is 0. The van der Waals surface area contributed by atoms with E-state index in [-0.39, 0.29) is 0 Å². The highest BCUT2D eigenvalue weighted by Crippen LogP contribution is 2.34. The molecule has 0 radical (unpaired) electrons. The predicted molar refractivity (Wildman–Crippen MR) is 123 cm³/mol. The highest BCUT2D eigenvalue weighted by Gasteiger charge is 2.24. The van der Waals surface area contributed by atoms with E-state index in [0.29, 0.717) is 23.5 Å². The van der Waals surface area contributed by atoms with Crippen LogP contribution in [0.4, 0.5) is 0 Å². The van der Waals surface area contributed by atoms with Gasteiger partial charge in [0, 0.05) is 22.9 Å². The van der Waals surface area contributed by atoms with Crippen LogP contribution in [0.15, 0.2) is 51.5 Å². The van der Waals surface area contributed by atoms with Gasteiger partial charge in [0.2, 0.25) is 11.7 Å². The van der Waals surface area contributed by atoms with E-state index in [2.05, 4.69) is 55.4 Å². The third-order valence-corrected chi connectivity index (χ3v) is 7.57. The van der Waals surface area contributed by atoms with E-state index >= 15 is 0 Å². The first-order valence-electron chi connectivity index (χ1n) is 10.8. The fraction of sp³-hybridized carbons (Fsp3) is 0.391. The van der Waals surface area contributed by atoms with E-state index in [1.807, 2.05) is 18.2 Å². The molecule has 8 heteroatoms. The summed E-state index contributed by atoms with van der Waals surface area (Å²) >= 11 is 3.41. The molecule has 3 aromatic heterocycles. The van der Waals surface area contributed by atoms with Crippen molar-refractivity contribution >= 4 is 23.1 Å². The summed E-state index contributed by atoms with van der Waals surface area (Å²) in [4.78, 5) is 5.93. The Bertz CT molecular complexity index is 1130. The van der Waals surface area contributed by atoms with Crippen molar-refractivity contribution in [2.24, 2.45) is 0 Å². The molecule has 0 saturated heterocycles. The number of aryl methyl sites for hydroxylation is 1. The molecule has 0 bridgehead atoms. The first kappa shape index (κ1) is 20.5. The van der Waals surface area contributed by atoms with Crippen molar-refractivity contribution < 1.29 is 4.52 Å². The maximum absolute atomic E-state index is 5.54. The second-order valence-electron chi connectivity index (χ2n) is 7.93. The molecule has 0 N–H and O–H groups in total. The van der Waals surface area contributed by atoms with Crippen LogP contribution in [-0.2, 0) is 12.2 Å². The Kier molecular flexibility index (Phi) is 6.18. The number of hydrogen-bond donors (Lipinski definition) is 0. The van der Waals surface area contributed by atoms with Crippen molar-refractivity contribution in [3.8, 4) is 11.4 Å². The molecule has 31 heavy (non-hydrogen) atoms. The summed E-state index contributed by atoms with van der Waals surface area (Å²) in [6.45, 7) is 2.06. The van der Waals surface area contributed by atoms with Crippen LogP contribution in [0.3, 0.4) is 0 Å². The zero-order valence-corrected chi connectivity index (χ0v) is 19.2. The minimum absolute atomic E-state index is 0.478. The van der Waals surface area contributed by atoms with Crippen LogP contribution in [0.25, 0.3) is 11.4 Å². The average Bonchev–Trinajstić information content (AvgIpc) is 3.55. The fourth-order valence-electron chi connectivity index (χ4n) is 4.17. The van der Waals surface area contributed by atoms with Crippen LogP contribution in [0.5, 0.6) is 0 Å². The number of thioether (sulfide) groups is 1. The van der Waals surface area contributed by atoms with Gasteiger partial charge in [0.05, 0.1) is 5.75 Å². The SMILES string of the molecule is Cc1ccccc1-c1noc(CSc2nnc(Cc3cccs3)n2C2CCCCC2)n1. The lowest BCUT2D eigenvalue weighted by Crippen LogP contribution is -2.16. The van der Waals surface area contributed by atoms with Crippen molar-refractivity contribution in [1.29, 1.82) is 0 Å². The van der Waals surface area contributed by atoms with Gasteiger partial charge < -0.3 is 9.09 Å². The van der Waals surface area contributed by atoms with Gasteiger partial charge in [-0.05, 0) is 36.8 Å². The largest absolute Gasteiger partial charge is 0.338 e. The summed E-state index contributed by atoms with van der Waals surface area (Å²) in [6, 6.07) is 12.8. The second-order valence-corrected chi connectivity index (χ2v) is 9.91. The quantitative estimate of drug-likeness (QED) is 0.317. The lowest BCUT2D eigenvalue weighted by molar-refractivity contribution is 0.330. The molecule has 1 fully saturated rings. The van der Waals surface area contributed by atoms with Crippen molar-refractivity contribution in [2.45, 2.75) is 62.4 Å². The molecule has 5 rings (SSSR count). The Morgan fingerprint density at radius 1 is 1.10 bits per heavy atom. The maximum Gasteiger partial charge on any atom is 0.237 e. The topological polar surface area (TPSA) is 69.6 Å². The molecule has 0 aliphatic heterocycles. The summed E-state index contributed by atoms with van der Waals surface area (Å²) in [5.74, 6) is 2.90. The molecule has 0 amide bonds. The summed E-state index contributed by atoms with van der Waals surface area (Å²) in [5.41, 5.74) is 2.14. The van der Waals surface area contributed by atoms with E-state index in [1.54, 1.807) is 23.1 Å². The molecule has 1 aliphatic carbocycles. The van der Waals surface area contributed by atoms with Crippen LogP contribution in [0.1, 0.15) is 60.3 Å². The van der Waals surface area contributed by atoms with Crippen LogP contribution in [-0.4, -0.2) is 24.9 Å². The van der Waals surface area contributed by atoms with E-state index < -0.39 is 0 Å². The molecule has 4 aromatic rings. The lowest BCUT2D eigenvalue weighted by Gasteiger charge is -2.25. The minimum atomic E-state index is 0.478. The molecule has 1 aromatic carbocycles. The van der Waals surface area contributed by atoms with Crippen molar-refractivity contribution in [2.75, 3.05) is 0 Å². The summed E-state index contributed by atoms with van der Waals surface area (Å²) in [6.07, 6.45) is 7.09. The molecule has 1 aliphatic rings. The number of aromatic nitrogens is 5. The Morgan fingerprint density at radius 3 is 2.77 bits per heavy atom. The first-order chi connectivity index (χ1) is 15.3. The molecule has 0 spiro atoms. The number of nitrogens with zero attached hydrogens (tertiary/aromatic N) is 5. The van der Waals surface area contributed by atoms with Gasteiger partial charge in [0.15, 0.2) is 5.16 Å². The van der Waals surface area contributed by atoms with Gasteiger partial charge in [-0.1, -0.05) is 66.5 Å². The molecular weight excluding hydrogens is 426 g/mol. The zero-order chi connectivity index (χ0) is 21.0. The van der Waals surface area contributed by atoms with Gasteiger partial charge in [-0.15, -0.1) is 21.5 Å². The minimum Gasteiger partial charge on any atom is -0.338 e. The Labute approximate surface area is 190 Å². The lowest BCUT2D eigenvalue weighted by atomic mass is 9.95. The standard InChI is InChI=1S/C23H25N5OS2/c1-16-8-5-6-12-19(16)22-24-21(29-27-22)15-31-23-26-25-20(14-18-11-7-13-30-18)28(23)17-9-3-2-4-10-17/h5-8,11-13,17H,2-4,9-10,14-15H2,1H3. The Morgan fingerprint density at radius 2 is 1.97 bits per heavy atom. The smallest absolute Gasteiger partial charge is 0.237 e. The van der Waals surface area contributed by atoms with Crippen molar-refractivity contribution in [3.63, 3.8) is 0 Å². The first-order valence-corrected chi connectivity index (χ1v) is 12.6. The summed E-state index contributed by atoms with van der Waals surface area (Å²) < 4.78 is 7.91. The molecular formula is C23H25N5OS2. The van der Waals surface area contributed by atoms with Crippen LogP contribution < -0.4 is 0 Å². The number of thiophene rings is 1. The number of hydrogen-bond acceptors (Lipinski definition) is 7. The number of benzene rings is 1. The normalized spacial score (nSPS) is 14.9. The van der Waals surface area contributed by atoms with Crippen molar-refractivity contribution in [1.82, 2.24) is 24.9 Å². The number of rotatable bonds is 7. The molecule has 0 atom stereocenters. The van der Waals surface area contributed by atoms with E-state index in [9.17, 15) is 0 Å². The van der Waals surface area contributed by atoms with Crippen LogP contribution in [0.2, 0.25) is 0 Å². The maximum atomic E-state index is 5.54. The van der Waals surface area contributed by atoms with Crippen LogP contribution in [0, 0.1) is 6.92 Å². The Hall–Kier alpha value is -2.45. The molecule has 6 nitrogen and oxygen atoms in total. The van der Waals surface area contributed by atoms with Gasteiger partial charge in [-0.3, -0.25) is 0 Å². The molecule has 1 saturated carbocycles. The van der Waals surface area contributed by atoms with Gasteiger partial charge in [0.25, 0.3) is 0 Å². The molecule has 0 unspecified atom stereocenters. The Balaban J connectivity index is 1.35. The predicted octanol–water partition coefficient (Wildman–Crippen LogP) is 6.09. The van der Waals surface area contributed by atoms with Gasteiger partial charge in [0.1, 0.15) is 5.82 Å². The van der Waals surface area contributed by atoms with Crippen molar-refractivity contribution in [3.05, 3.63) is 63.9 Å². The average molecular weight is 452 g/mol. The van der Waals surface area contributed by atoms with Gasteiger partial charge >= 0.3 is 0 Å². The van der Waals surface area contributed by atoms with Gasteiger partial charge in [-0.25, -0.2) is 0 Å². The molecule has 3 heterocycles. The van der Waals surface area contributed by atoms with E-state index in [1.165, 1.54) is 37.0 Å². The third kappa shape index (κ3) is 4.60. The van der Waals surface area contributed by atoms with E-state index in [0.717, 1.165) is 28.5 Å². The second kappa shape index (κ2) is 9.36.